The van der Waals surface area contributed by atoms with Gasteiger partial charge in [-0.05, 0) is 42.5 Å². The number of pyridine rings is 1. The predicted molar refractivity (Wildman–Crippen MR) is 82.7 cm³/mol. The molecule has 1 aliphatic carbocycles. The third-order valence-electron chi connectivity index (χ3n) is 4.16. The van der Waals surface area contributed by atoms with E-state index < -0.39 is 0 Å². The molecule has 0 fully saturated rings. The molecule has 21 heavy (non-hydrogen) atoms. The summed E-state index contributed by atoms with van der Waals surface area (Å²) in [6.07, 6.45) is 3.17. The van der Waals surface area contributed by atoms with Gasteiger partial charge in [0.15, 0.2) is 0 Å². The van der Waals surface area contributed by atoms with Crippen molar-refractivity contribution in [3.63, 3.8) is 0 Å². The zero-order valence-corrected chi connectivity index (χ0v) is 12.3. The van der Waals surface area contributed by atoms with Crippen LogP contribution in [-0.2, 0) is 25.9 Å². The molecule has 0 saturated carbocycles. The van der Waals surface area contributed by atoms with Crippen LogP contribution in [0.1, 0.15) is 28.8 Å². The molecule has 0 saturated heterocycles. The summed E-state index contributed by atoms with van der Waals surface area (Å²) in [6.45, 7) is 1.03. The van der Waals surface area contributed by atoms with Crippen LogP contribution in [0.5, 0.6) is 5.75 Å². The molecule has 3 rings (SSSR count). The molecular formula is C17H20N2O2. The Morgan fingerprint density at radius 2 is 2.10 bits per heavy atom. The van der Waals surface area contributed by atoms with Gasteiger partial charge in [0.1, 0.15) is 5.75 Å². The highest BCUT2D eigenvalue weighted by molar-refractivity contribution is 5.38. The molecule has 110 valence electrons. The fourth-order valence-corrected chi connectivity index (χ4v) is 3.06. The van der Waals surface area contributed by atoms with E-state index in [-0.39, 0.29) is 5.56 Å². The first-order valence-corrected chi connectivity index (χ1v) is 7.30. The molecule has 2 aromatic rings. The summed E-state index contributed by atoms with van der Waals surface area (Å²) in [5.41, 5.74) is 10.3. The fourth-order valence-electron chi connectivity index (χ4n) is 3.06. The number of aryl methyl sites for hydroxylation is 1. The van der Waals surface area contributed by atoms with Crippen LogP contribution in [0.25, 0.3) is 0 Å². The first-order valence-electron chi connectivity index (χ1n) is 7.30. The Labute approximate surface area is 124 Å². The summed E-state index contributed by atoms with van der Waals surface area (Å²) < 4.78 is 7.30. The molecule has 0 unspecified atom stereocenters. The van der Waals surface area contributed by atoms with Gasteiger partial charge >= 0.3 is 0 Å². The summed E-state index contributed by atoms with van der Waals surface area (Å²) in [5, 5.41) is 0. The minimum absolute atomic E-state index is 0.0517. The lowest BCUT2D eigenvalue weighted by Crippen LogP contribution is -2.23. The van der Waals surface area contributed by atoms with Gasteiger partial charge in [0.2, 0.25) is 0 Å². The maximum absolute atomic E-state index is 12.2. The molecule has 0 atom stereocenters. The van der Waals surface area contributed by atoms with Crippen molar-refractivity contribution < 1.29 is 4.74 Å². The van der Waals surface area contributed by atoms with Crippen LogP contribution in [-0.4, -0.2) is 11.7 Å². The molecule has 4 heteroatoms. The number of fused-ring (bicyclic) bond motifs is 1. The number of hydrogen-bond acceptors (Lipinski definition) is 3. The number of nitrogens with zero attached hydrogens (tertiary/aromatic N) is 1. The number of nitrogens with two attached hydrogens (primary N) is 1. The van der Waals surface area contributed by atoms with Gasteiger partial charge in [-0.1, -0.05) is 12.1 Å². The molecule has 1 aliphatic rings. The van der Waals surface area contributed by atoms with Crippen LogP contribution in [0.2, 0.25) is 0 Å². The standard InChI is InChI=1S/C17H20N2O2/c1-21-16-7-5-12(10-18)9-14(16)11-19-15-4-2-3-13(15)6-8-17(19)20/h5-9H,2-4,10-11,18H2,1H3. The maximum Gasteiger partial charge on any atom is 0.251 e. The van der Waals surface area contributed by atoms with E-state index in [1.807, 2.05) is 28.8 Å². The number of ether oxygens (including phenoxy) is 1. The topological polar surface area (TPSA) is 57.2 Å². The van der Waals surface area contributed by atoms with Gasteiger partial charge in [0, 0.05) is 23.9 Å². The van der Waals surface area contributed by atoms with Gasteiger partial charge in [-0.15, -0.1) is 0 Å². The summed E-state index contributed by atoms with van der Waals surface area (Å²) in [4.78, 5) is 12.2. The van der Waals surface area contributed by atoms with Crippen molar-refractivity contribution in [2.75, 3.05) is 7.11 Å². The average Bonchev–Trinajstić information content (AvgIpc) is 2.98. The van der Waals surface area contributed by atoms with Crippen LogP contribution in [0.3, 0.4) is 0 Å². The van der Waals surface area contributed by atoms with Gasteiger partial charge in [-0.2, -0.15) is 0 Å². The summed E-state index contributed by atoms with van der Waals surface area (Å²) in [5.74, 6) is 0.801. The average molecular weight is 284 g/mol. The number of rotatable bonds is 4. The minimum Gasteiger partial charge on any atom is -0.496 e. The monoisotopic (exact) mass is 284 g/mol. The highest BCUT2D eigenvalue weighted by Crippen LogP contribution is 2.24. The van der Waals surface area contributed by atoms with Crippen LogP contribution in [0.4, 0.5) is 0 Å². The van der Waals surface area contributed by atoms with Crippen LogP contribution < -0.4 is 16.0 Å². The number of benzene rings is 1. The molecule has 0 bridgehead atoms. The Hall–Kier alpha value is -2.07. The van der Waals surface area contributed by atoms with E-state index in [2.05, 4.69) is 0 Å². The molecule has 1 aromatic heterocycles. The predicted octanol–water partition coefficient (Wildman–Crippen LogP) is 1.85. The van der Waals surface area contributed by atoms with Gasteiger partial charge in [-0.25, -0.2) is 0 Å². The van der Waals surface area contributed by atoms with Gasteiger partial charge in [-0.3, -0.25) is 4.79 Å². The van der Waals surface area contributed by atoms with Crippen molar-refractivity contribution in [3.05, 3.63) is 63.1 Å². The Bertz CT molecular complexity index is 719. The van der Waals surface area contributed by atoms with Crippen LogP contribution in [0.15, 0.2) is 35.1 Å². The Kier molecular flexibility index (Phi) is 3.80. The lowest BCUT2D eigenvalue weighted by molar-refractivity contribution is 0.407. The third-order valence-corrected chi connectivity index (χ3v) is 4.16. The van der Waals surface area contributed by atoms with Crippen molar-refractivity contribution in [3.8, 4) is 5.75 Å². The van der Waals surface area contributed by atoms with Crippen molar-refractivity contribution >= 4 is 0 Å². The molecule has 0 spiro atoms. The highest BCUT2D eigenvalue weighted by Gasteiger charge is 2.17. The zero-order valence-electron chi connectivity index (χ0n) is 12.3. The summed E-state index contributed by atoms with van der Waals surface area (Å²) in [7, 11) is 1.65. The van der Waals surface area contributed by atoms with Crippen molar-refractivity contribution in [2.24, 2.45) is 5.73 Å². The van der Waals surface area contributed by atoms with E-state index in [0.717, 1.165) is 36.1 Å². The van der Waals surface area contributed by atoms with E-state index in [0.29, 0.717) is 13.1 Å². The minimum atomic E-state index is 0.0517. The van der Waals surface area contributed by atoms with Crippen LogP contribution in [0, 0.1) is 0 Å². The highest BCUT2D eigenvalue weighted by atomic mass is 16.5. The molecule has 2 N–H and O–H groups in total. The SMILES string of the molecule is COc1ccc(CN)cc1Cn1c2c(ccc1=O)CCC2. The molecule has 4 nitrogen and oxygen atoms in total. The third kappa shape index (κ3) is 2.59. The molecule has 0 radical (unpaired) electrons. The zero-order chi connectivity index (χ0) is 14.8. The van der Waals surface area contributed by atoms with Crippen molar-refractivity contribution in [1.29, 1.82) is 0 Å². The molecule has 1 aromatic carbocycles. The second-order valence-corrected chi connectivity index (χ2v) is 5.43. The summed E-state index contributed by atoms with van der Waals surface area (Å²) in [6, 6.07) is 9.55. The second-order valence-electron chi connectivity index (χ2n) is 5.43. The van der Waals surface area contributed by atoms with E-state index in [4.69, 9.17) is 10.5 Å². The Morgan fingerprint density at radius 1 is 1.24 bits per heavy atom. The fraction of sp³-hybridized carbons (Fsp3) is 0.353. The Balaban J connectivity index is 2.05. The van der Waals surface area contributed by atoms with E-state index in [1.165, 1.54) is 11.3 Å². The van der Waals surface area contributed by atoms with Gasteiger partial charge in [0.25, 0.3) is 5.56 Å². The first kappa shape index (κ1) is 13.9. The molecule has 0 aliphatic heterocycles. The number of methoxy groups -OCH3 is 1. The second kappa shape index (κ2) is 5.74. The molecule has 1 heterocycles. The molecule has 0 amide bonds. The van der Waals surface area contributed by atoms with Crippen molar-refractivity contribution in [2.45, 2.75) is 32.4 Å². The van der Waals surface area contributed by atoms with Crippen LogP contribution >= 0.6 is 0 Å². The smallest absolute Gasteiger partial charge is 0.251 e. The van der Waals surface area contributed by atoms with Gasteiger partial charge < -0.3 is 15.0 Å². The molecular weight excluding hydrogens is 264 g/mol. The Morgan fingerprint density at radius 3 is 2.86 bits per heavy atom. The van der Waals surface area contributed by atoms with Gasteiger partial charge in [0.05, 0.1) is 13.7 Å². The lowest BCUT2D eigenvalue weighted by Gasteiger charge is -2.15. The van der Waals surface area contributed by atoms with E-state index in [1.54, 1.807) is 13.2 Å². The first-order chi connectivity index (χ1) is 10.2. The van der Waals surface area contributed by atoms with Crippen molar-refractivity contribution in [1.82, 2.24) is 4.57 Å². The van der Waals surface area contributed by atoms with E-state index >= 15 is 0 Å². The quantitative estimate of drug-likeness (QED) is 0.932. The van der Waals surface area contributed by atoms with E-state index in [9.17, 15) is 4.79 Å². The lowest BCUT2D eigenvalue weighted by atomic mass is 10.1. The number of hydrogen-bond donors (Lipinski definition) is 1. The summed E-state index contributed by atoms with van der Waals surface area (Å²) >= 11 is 0. The maximum atomic E-state index is 12.2. The normalized spacial score (nSPS) is 13.2. The largest absolute Gasteiger partial charge is 0.496 e. The number of aromatic nitrogens is 1.